The highest BCUT2D eigenvalue weighted by Crippen LogP contribution is 2.27. The van der Waals surface area contributed by atoms with Crippen molar-refractivity contribution in [2.45, 2.75) is 13.5 Å². The molecule has 0 unspecified atom stereocenters. The SMILES string of the molecule is CCNc1cc(OCc2ccccc2Br)cc([N+](=O)[O-])c1. The van der Waals surface area contributed by atoms with Gasteiger partial charge in [-0.3, -0.25) is 10.1 Å². The maximum atomic E-state index is 11.0. The highest BCUT2D eigenvalue weighted by Gasteiger charge is 2.11. The Bertz CT molecular complexity index is 647. The molecule has 2 rings (SSSR count). The van der Waals surface area contributed by atoms with Gasteiger partial charge >= 0.3 is 0 Å². The second-order valence-electron chi connectivity index (χ2n) is 4.38. The molecule has 2 aromatic carbocycles. The predicted octanol–water partition coefficient (Wildman–Crippen LogP) is 4.37. The molecule has 0 amide bonds. The summed E-state index contributed by atoms with van der Waals surface area (Å²) in [5.41, 5.74) is 1.67. The van der Waals surface area contributed by atoms with Crippen molar-refractivity contribution >= 4 is 27.3 Å². The van der Waals surface area contributed by atoms with Gasteiger partial charge in [-0.05, 0) is 13.0 Å². The van der Waals surface area contributed by atoms with Crippen LogP contribution in [0.4, 0.5) is 11.4 Å². The molecule has 0 radical (unpaired) electrons. The molecule has 5 nitrogen and oxygen atoms in total. The van der Waals surface area contributed by atoms with Crippen LogP contribution >= 0.6 is 15.9 Å². The Morgan fingerprint density at radius 2 is 2.05 bits per heavy atom. The molecule has 1 N–H and O–H groups in total. The van der Waals surface area contributed by atoms with Crippen LogP contribution in [-0.2, 0) is 6.61 Å². The maximum absolute atomic E-state index is 11.0. The first-order valence-corrected chi connectivity index (χ1v) is 7.29. The highest BCUT2D eigenvalue weighted by atomic mass is 79.9. The zero-order valence-electron chi connectivity index (χ0n) is 11.5. The zero-order chi connectivity index (χ0) is 15.2. The summed E-state index contributed by atoms with van der Waals surface area (Å²) in [6, 6.07) is 12.4. The zero-order valence-corrected chi connectivity index (χ0v) is 13.1. The molecule has 21 heavy (non-hydrogen) atoms. The summed E-state index contributed by atoms with van der Waals surface area (Å²) in [6.45, 7) is 2.96. The summed E-state index contributed by atoms with van der Waals surface area (Å²) < 4.78 is 6.62. The Morgan fingerprint density at radius 3 is 2.71 bits per heavy atom. The van der Waals surface area contributed by atoms with Crippen LogP contribution in [0.5, 0.6) is 5.75 Å². The lowest BCUT2D eigenvalue weighted by atomic mass is 10.2. The summed E-state index contributed by atoms with van der Waals surface area (Å²) in [5.74, 6) is 0.468. The highest BCUT2D eigenvalue weighted by molar-refractivity contribution is 9.10. The molecule has 0 aliphatic heterocycles. The average molecular weight is 351 g/mol. The Balaban J connectivity index is 2.19. The standard InChI is InChI=1S/C15H15BrN2O3/c1-2-17-12-7-13(18(19)20)9-14(8-12)21-10-11-5-3-4-6-15(11)16/h3-9,17H,2,10H2,1H3. The maximum Gasteiger partial charge on any atom is 0.275 e. The van der Waals surface area contributed by atoms with E-state index in [0.29, 0.717) is 24.6 Å². The summed E-state index contributed by atoms with van der Waals surface area (Å²) in [6.07, 6.45) is 0. The lowest BCUT2D eigenvalue weighted by Gasteiger charge is -2.10. The van der Waals surface area contributed by atoms with Gasteiger partial charge in [0.2, 0.25) is 0 Å². The minimum absolute atomic E-state index is 0.00979. The van der Waals surface area contributed by atoms with Crippen LogP contribution in [-0.4, -0.2) is 11.5 Å². The van der Waals surface area contributed by atoms with Gasteiger partial charge in [-0.15, -0.1) is 0 Å². The topological polar surface area (TPSA) is 64.4 Å². The van der Waals surface area contributed by atoms with Crippen molar-refractivity contribution in [3.05, 3.63) is 62.6 Å². The lowest BCUT2D eigenvalue weighted by molar-refractivity contribution is -0.384. The number of nitro benzene ring substituents is 1. The van der Waals surface area contributed by atoms with E-state index in [2.05, 4.69) is 21.2 Å². The summed E-state index contributed by atoms with van der Waals surface area (Å²) >= 11 is 3.45. The lowest BCUT2D eigenvalue weighted by Crippen LogP contribution is -2.01. The molecule has 2 aromatic rings. The van der Waals surface area contributed by atoms with Crippen molar-refractivity contribution in [2.24, 2.45) is 0 Å². The van der Waals surface area contributed by atoms with Crippen LogP contribution in [0, 0.1) is 10.1 Å². The van der Waals surface area contributed by atoms with Crippen LogP contribution in [0.3, 0.4) is 0 Å². The van der Waals surface area contributed by atoms with Crippen molar-refractivity contribution in [1.29, 1.82) is 0 Å². The van der Waals surface area contributed by atoms with Crippen molar-refractivity contribution in [3.63, 3.8) is 0 Å². The number of nitrogens with one attached hydrogen (secondary N) is 1. The fourth-order valence-corrected chi connectivity index (χ4v) is 2.25. The van der Waals surface area contributed by atoms with E-state index in [9.17, 15) is 10.1 Å². The van der Waals surface area contributed by atoms with E-state index in [4.69, 9.17) is 4.74 Å². The smallest absolute Gasteiger partial charge is 0.275 e. The van der Waals surface area contributed by atoms with Crippen LogP contribution in [0.1, 0.15) is 12.5 Å². The average Bonchev–Trinajstić information content (AvgIpc) is 2.46. The van der Waals surface area contributed by atoms with Gasteiger partial charge in [0, 0.05) is 34.4 Å². The monoisotopic (exact) mass is 350 g/mol. The Morgan fingerprint density at radius 1 is 1.29 bits per heavy atom. The summed E-state index contributed by atoms with van der Waals surface area (Å²) in [7, 11) is 0. The number of halogens is 1. The first-order chi connectivity index (χ1) is 10.1. The number of hydrogen-bond acceptors (Lipinski definition) is 4. The minimum Gasteiger partial charge on any atom is -0.489 e. The van der Waals surface area contributed by atoms with Gasteiger partial charge in [0.1, 0.15) is 12.4 Å². The van der Waals surface area contributed by atoms with Gasteiger partial charge in [-0.1, -0.05) is 34.1 Å². The Labute approximate surface area is 131 Å². The quantitative estimate of drug-likeness (QED) is 0.620. The number of nitro groups is 1. The van der Waals surface area contributed by atoms with Gasteiger partial charge < -0.3 is 10.1 Å². The molecule has 0 saturated carbocycles. The van der Waals surface area contributed by atoms with Crippen LogP contribution in [0.15, 0.2) is 46.9 Å². The summed E-state index contributed by atoms with van der Waals surface area (Å²) in [4.78, 5) is 10.5. The van der Waals surface area contributed by atoms with Gasteiger partial charge in [0.05, 0.1) is 11.0 Å². The van der Waals surface area contributed by atoms with Crippen LogP contribution in [0.25, 0.3) is 0 Å². The fraction of sp³-hybridized carbons (Fsp3) is 0.200. The first kappa shape index (κ1) is 15.3. The van der Waals surface area contributed by atoms with E-state index in [1.165, 1.54) is 12.1 Å². The molecule has 0 aromatic heterocycles. The minimum atomic E-state index is -0.424. The van der Waals surface area contributed by atoms with Crippen molar-refractivity contribution in [2.75, 3.05) is 11.9 Å². The third kappa shape index (κ3) is 4.19. The number of benzene rings is 2. The number of hydrogen-bond donors (Lipinski definition) is 1. The molecule has 0 spiro atoms. The molecule has 0 atom stereocenters. The molecule has 6 heteroatoms. The van der Waals surface area contributed by atoms with Crippen molar-refractivity contribution in [3.8, 4) is 5.75 Å². The predicted molar refractivity (Wildman–Crippen MR) is 85.7 cm³/mol. The number of rotatable bonds is 6. The third-order valence-corrected chi connectivity index (χ3v) is 3.61. The third-order valence-electron chi connectivity index (χ3n) is 2.84. The Kier molecular flexibility index (Phi) is 5.16. The van der Waals surface area contributed by atoms with Gasteiger partial charge in [-0.2, -0.15) is 0 Å². The number of ether oxygens (including phenoxy) is 1. The molecule has 0 aliphatic carbocycles. The normalized spacial score (nSPS) is 10.2. The molecular weight excluding hydrogens is 336 g/mol. The van der Waals surface area contributed by atoms with E-state index in [1.807, 2.05) is 31.2 Å². The van der Waals surface area contributed by atoms with Gasteiger partial charge in [0.25, 0.3) is 5.69 Å². The first-order valence-electron chi connectivity index (χ1n) is 6.49. The van der Waals surface area contributed by atoms with Crippen molar-refractivity contribution < 1.29 is 9.66 Å². The molecule has 0 bridgehead atoms. The van der Waals surface area contributed by atoms with E-state index < -0.39 is 4.92 Å². The molecule has 0 heterocycles. The van der Waals surface area contributed by atoms with Gasteiger partial charge in [-0.25, -0.2) is 0 Å². The molecule has 0 fully saturated rings. The fourth-order valence-electron chi connectivity index (χ4n) is 1.85. The second kappa shape index (κ2) is 7.08. The largest absolute Gasteiger partial charge is 0.489 e. The molecule has 0 aliphatic rings. The van der Waals surface area contributed by atoms with Crippen molar-refractivity contribution in [1.82, 2.24) is 0 Å². The molecule has 110 valence electrons. The number of non-ortho nitro benzene ring substituents is 1. The second-order valence-corrected chi connectivity index (χ2v) is 5.24. The van der Waals surface area contributed by atoms with E-state index in [0.717, 1.165) is 10.0 Å². The van der Waals surface area contributed by atoms with E-state index >= 15 is 0 Å². The molecular formula is C15H15BrN2O3. The summed E-state index contributed by atoms with van der Waals surface area (Å²) in [5, 5.41) is 14.0. The number of nitrogens with zero attached hydrogens (tertiary/aromatic N) is 1. The molecule has 0 saturated heterocycles. The number of anilines is 1. The van der Waals surface area contributed by atoms with Gasteiger partial charge in [0.15, 0.2) is 0 Å². The van der Waals surface area contributed by atoms with E-state index in [1.54, 1.807) is 6.07 Å². The van der Waals surface area contributed by atoms with Crippen LogP contribution in [0.2, 0.25) is 0 Å². The Hall–Kier alpha value is -2.08. The van der Waals surface area contributed by atoms with E-state index in [-0.39, 0.29) is 5.69 Å². The van der Waals surface area contributed by atoms with Crippen LogP contribution < -0.4 is 10.1 Å².